The second-order valence-corrected chi connectivity index (χ2v) is 4.87. The van der Waals surface area contributed by atoms with Crippen molar-refractivity contribution in [3.8, 4) is 0 Å². The molecule has 1 rings (SSSR count). The van der Waals surface area contributed by atoms with Gasteiger partial charge < -0.3 is 10.2 Å². The number of nitrogens with one attached hydrogen (secondary N) is 1. The number of carbonyl (C=O) groups excluding carboxylic acids is 1. The molecule has 116 valence electrons. The van der Waals surface area contributed by atoms with Crippen LogP contribution in [0, 0.1) is 10.1 Å². The third-order valence-electron chi connectivity index (χ3n) is 3.53. The molecule has 0 aliphatic heterocycles. The van der Waals surface area contributed by atoms with Crippen LogP contribution in [-0.2, 0) is 0 Å². The molecule has 0 bridgehead atoms. The number of hydrogen-bond acceptors (Lipinski definition) is 4. The Bertz CT molecular complexity index is 517. The quantitative estimate of drug-likeness (QED) is 0.618. The number of carbonyl (C=O) groups is 1. The Balaban J connectivity index is 3.16. The van der Waals surface area contributed by atoms with Crippen LogP contribution in [0.2, 0.25) is 0 Å². The Morgan fingerprint density at radius 2 is 2.05 bits per heavy atom. The molecule has 0 saturated heterocycles. The molecule has 6 heteroatoms. The van der Waals surface area contributed by atoms with Gasteiger partial charge in [0.1, 0.15) is 5.69 Å². The van der Waals surface area contributed by atoms with E-state index >= 15 is 0 Å². The van der Waals surface area contributed by atoms with Crippen molar-refractivity contribution in [1.82, 2.24) is 4.90 Å². The zero-order valence-corrected chi connectivity index (χ0v) is 13.0. The van der Waals surface area contributed by atoms with E-state index < -0.39 is 4.92 Å². The highest BCUT2D eigenvalue weighted by Gasteiger charge is 2.22. The summed E-state index contributed by atoms with van der Waals surface area (Å²) >= 11 is 0. The van der Waals surface area contributed by atoms with Gasteiger partial charge in [-0.05, 0) is 39.3 Å². The summed E-state index contributed by atoms with van der Waals surface area (Å²) in [6.07, 6.45) is 0.844. The molecular weight excluding hydrogens is 270 g/mol. The largest absolute Gasteiger partial charge is 0.380 e. The predicted molar refractivity (Wildman–Crippen MR) is 83.7 cm³/mol. The summed E-state index contributed by atoms with van der Waals surface area (Å²) in [5.41, 5.74) is 0.721. The van der Waals surface area contributed by atoms with E-state index in [1.165, 1.54) is 6.07 Å². The maximum absolute atomic E-state index is 12.5. The number of hydrogen-bond donors (Lipinski definition) is 1. The average molecular weight is 293 g/mol. The van der Waals surface area contributed by atoms with E-state index in [0.29, 0.717) is 24.3 Å². The van der Waals surface area contributed by atoms with Crippen LogP contribution in [-0.4, -0.2) is 34.9 Å². The molecule has 1 aromatic rings. The first-order chi connectivity index (χ1) is 9.96. The summed E-state index contributed by atoms with van der Waals surface area (Å²) in [4.78, 5) is 24.9. The monoisotopic (exact) mass is 293 g/mol. The van der Waals surface area contributed by atoms with Crippen molar-refractivity contribution in [2.24, 2.45) is 0 Å². The second kappa shape index (κ2) is 7.61. The number of rotatable bonds is 7. The molecule has 1 N–H and O–H groups in total. The standard InChI is InChI=1S/C15H23N3O3/c1-5-11(4)17(7-3)15(19)12-8-9-13(16-6-2)14(10-12)18(20)21/h8-11,16H,5-7H2,1-4H3. The Morgan fingerprint density at radius 3 is 2.52 bits per heavy atom. The fourth-order valence-electron chi connectivity index (χ4n) is 2.20. The summed E-state index contributed by atoms with van der Waals surface area (Å²) in [5.74, 6) is -0.169. The minimum Gasteiger partial charge on any atom is -0.380 e. The molecule has 1 amide bonds. The van der Waals surface area contributed by atoms with E-state index in [-0.39, 0.29) is 17.6 Å². The number of benzene rings is 1. The van der Waals surface area contributed by atoms with E-state index in [1.807, 2.05) is 27.7 Å². The van der Waals surface area contributed by atoms with Gasteiger partial charge in [-0.2, -0.15) is 0 Å². The van der Waals surface area contributed by atoms with Crippen LogP contribution in [0.3, 0.4) is 0 Å². The van der Waals surface area contributed by atoms with Gasteiger partial charge in [-0.25, -0.2) is 0 Å². The Kier molecular flexibility index (Phi) is 6.14. The minimum atomic E-state index is -0.464. The number of nitrogens with zero attached hydrogens (tertiary/aromatic N) is 2. The van der Waals surface area contributed by atoms with E-state index in [1.54, 1.807) is 17.0 Å². The van der Waals surface area contributed by atoms with Gasteiger partial charge in [0.25, 0.3) is 11.6 Å². The van der Waals surface area contributed by atoms with Crippen molar-refractivity contribution in [2.45, 2.75) is 40.2 Å². The first-order valence-corrected chi connectivity index (χ1v) is 7.29. The molecule has 0 saturated carbocycles. The summed E-state index contributed by atoms with van der Waals surface area (Å²) in [6, 6.07) is 4.69. The lowest BCUT2D eigenvalue weighted by atomic mass is 10.1. The van der Waals surface area contributed by atoms with Crippen LogP contribution in [0.15, 0.2) is 18.2 Å². The highest BCUT2D eigenvalue weighted by molar-refractivity contribution is 5.96. The summed E-state index contributed by atoms with van der Waals surface area (Å²) in [5, 5.41) is 14.1. The van der Waals surface area contributed by atoms with Crippen LogP contribution in [0.5, 0.6) is 0 Å². The highest BCUT2D eigenvalue weighted by atomic mass is 16.6. The van der Waals surface area contributed by atoms with E-state index in [0.717, 1.165) is 6.42 Å². The lowest BCUT2D eigenvalue weighted by molar-refractivity contribution is -0.384. The molecule has 0 fully saturated rings. The molecule has 21 heavy (non-hydrogen) atoms. The van der Waals surface area contributed by atoms with Gasteiger partial charge in [-0.1, -0.05) is 6.92 Å². The van der Waals surface area contributed by atoms with Crippen molar-refractivity contribution in [1.29, 1.82) is 0 Å². The molecule has 1 atom stereocenters. The van der Waals surface area contributed by atoms with Crippen molar-refractivity contribution in [3.05, 3.63) is 33.9 Å². The smallest absolute Gasteiger partial charge is 0.293 e. The molecule has 0 heterocycles. The van der Waals surface area contributed by atoms with Gasteiger partial charge in [-0.15, -0.1) is 0 Å². The van der Waals surface area contributed by atoms with Crippen LogP contribution in [0.1, 0.15) is 44.5 Å². The van der Waals surface area contributed by atoms with Crippen LogP contribution in [0.25, 0.3) is 0 Å². The lowest BCUT2D eigenvalue weighted by Gasteiger charge is -2.27. The summed E-state index contributed by atoms with van der Waals surface area (Å²) in [7, 11) is 0. The van der Waals surface area contributed by atoms with Crippen molar-refractivity contribution in [3.63, 3.8) is 0 Å². The first kappa shape index (κ1) is 16.9. The van der Waals surface area contributed by atoms with Crippen LogP contribution < -0.4 is 5.32 Å². The molecule has 0 aliphatic carbocycles. The molecule has 0 spiro atoms. The zero-order chi connectivity index (χ0) is 16.0. The topological polar surface area (TPSA) is 75.5 Å². The third kappa shape index (κ3) is 3.93. The van der Waals surface area contributed by atoms with E-state index in [9.17, 15) is 14.9 Å². The number of nitro groups is 1. The molecular formula is C15H23N3O3. The van der Waals surface area contributed by atoms with Gasteiger partial charge in [0.05, 0.1) is 4.92 Å². The maximum Gasteiger partial charge on any atom is 0.293 e. The maximum atomic E-state index is 12.5. The Morgan fingerprint density at radius 1 is 1.38 bits per heavy atom. The number of anilines is 1. The zero-order valence-electron chi connectivity index (χ0n) is 13.0. The molecule has 1 unspecified atom stereocenters. The fraction of sp³-hybridized carbons (Fsp3) is 0.533. The van der Waals surface area contributed by atoms with Gasteiger partial charge in [-0.3, -0.25) is 14.9 Å². The fourth-order valence-corrected chi connectivity index (χ4v) is 2.20. The molecule has 0 aliphatic rings. The second-order valence-electron chi connectivity index (χ2n) is 4.87. The summed E-state index contributed by atoms with van der Waals surface area (Å²) in [6.45, 7) is 8.93. The van der Waals surface area contributed by atoms with E-state index in [2.05, 4.69) is 5.32 Å². The highest BCUT2D eigenvalue weighted by Crippen LogP contribution is 2.26. The minimum absolute atomic E-state index is 0.0668. The number of nitro benzene ring substituents is 1. The van der Waals surface area contributed by atoms with Gasteiger partial charge in [0.2, 0.25) is 0 Å². The SMILES string of the molecule is CCNc1ccc(C(=O)N(CC)C(C)CC)cc1[N+](=O)[O-]. The molecule has 0 radical (unpaired) electrons. The third-order valence-corrected chi connectivity index (χ3v) is 3.53. The molecule has 1 aromatic carbocycles. The summed E-state index contributed by atoms with van der Waals surface area (Å²) < 4.78 is 0. The van der Waals surface area contributed by atoms with Crippen molar-refractivity contribution in [2.75, 3.05) is 18.4 Å². The van der Waals surface area contributed by atoms with Crippen molar-refractivity contribution >= 4 is 17.3 Å². The Hall–Kier alpha value is -2.11. The van der Waals surface area contributed by atoms with Crippen LogP contribution >= 0.6 is 0 Å². The van der Waals surface area contributed by atoms with Gasteiger partial charge in [0.15, 0.2) is 0 Å². The molecule has 6 nitrogen and oxygen atoms in total. The van der Waals surface area contributed by atoms with Crippen LogP contribution in [0.4, 0.5) is 11.4 Å². The van der Waals surface area contributed by atoms with Gasteiger partial charge >= 0.3 is 0 Å². The first-order valence-electron chi connectivity index (χ1n) is 7.29. The number of amides is 1. The molecule has 0 aromatic heterocycles. The van der Waals surface area contributed by atoms with Crippen molar-refractivity contribution < 1.29 is 9.72 Å². The lowest BCUT2D eigenvalue weighted by Crippen LogP contribution is -2.38. The average Bonchev–Trinajstić information content (AvgIpc) is 2.48. The van der Waals surface area contributed by atoms with E-state index in [4.69, 9.17) is 0 Å². The predicted octanol–water partition coefficient (Wildman–Crippen LogP) is 3.29. The normalized spacial score (nSPS) is 11.8. The van der Waals surface area contributed by atoms with Gasteiger partial charge in [0, 0.05) is 30.8 Å². The Labute approximate surface area is 125 Å².